The monoisotopic (exact) mass is 284 g/mol. The van der Waals surface area contributed by atoms with Gasteiger partial charge in [-0.15, -0.1) is 0 Å². The van der Waals surface area contributed by atoms with Crippen LogP contribution in [0.2, 0.25) is 0 Å². The van der Waals surface area contributed by atoms with Gasteiger partial charge in [-0.3, -0.25) is 9.59 Å². The zero-order chi connectivity index (χ0) is 14.0. The van der Waals surface area contributed by atoms with Gasteiger partial charge < -0.3 is 10.2 Å². The van der Waals surface area contributed by atoms with Crippen LogP contribution in [0.1, 0.15) is 46.0 Å². The molecule has 3 atom stereocenters. The molecule has 2 aliphatic rings. The average Bonchev–Trinajstić information content (AvgIpc) is 2.42. The van der Waals surface area contributed by atoms with E-state index in [1.165, 1.54) is 6.42 Å². The standard InChI is InChI=1S/C14H24N2O2S/c1-4-14(2)13(18)16(9-12(17)15-14)10-7-5-6-8-11(10)19-3/h10-11H,4-9H2,1-3H3,(H,15,17). The molecular formula is C14H24N2O2S. The van der Waals surface area contributed by atoms with Gasteiger partial charge in [0.15, 0.2) is 0 Å². The third-order valence-electron chi connectivity index (χ3n) is 4.54. The van der Waals surface area contributed by atoms with Gasteiger partial charge in [-0.2, -0.15) is 11.8 Å². The first-order valence-corrected chi connectivity index (χ1v) is 8.45. The maximum Gasteiger partial charge on any atom is 0.248 e. The highest BCUT2D eigenvalue weighted by molar-refractivity contribution is 7.99. The maximum absolute atomic E-state index is 12.7. The van der Waals surface area contributed by atoms with E-state index < -0.39 is 5.54 Å². The molecule has 3 unspecified atom stereocenters. The lowest BCUT2D eigenvalue weighted by Gasteiger charge is -2.46. The summed E-state index contributed by atoms with van der Waals surface area (Å²) in [4.78, 5) is 26.5. The highest BCUT2D eigenvalue weighted by atomic mass is 32.2. The van der Waals surface area contributed by atoms with Crippen LogP contribution in [0.5, 0.6) is 0 Å². The molecule has 0 radical (unpaired) electrons. The Labute approximate surface area is 119 Å². The molecule has 0 aromatic carbocycles. The van der Waals surface area contributed by atoms with Crippen molar-refractivity contribution in [3.05, 3.63) is 0 Å². The Bertz CT molecular complexity index is 374. The van der Waals surface area contributed by atoms with Gasteiger partial charge >= 0.3 is 0 Å². The first-order valence-electron chi connectivity index (χ1n) is 7.16. The fraction of sp³-hybridized carbons (Fsp3) is 0.857. The lowest BCUT2D eigenvalue weighted by atomic mass is 9.88. The van der Waals surface area contributed by atoms with Crippen molar-refractivity contribution in [3.8, 4) is 0 Å². The third-order valence-corrected chi connectivity index (χ3v) is 5.70. The second-order valence-corrected chi connectivity index (χ2v) is 6.87. The predicted molar refractivity (Wildman–Crippen MR) is 78.1 cm³/mol. The van der Waals surface area contributed by atoms with Gasteiger partial charge in [0.05, 0.1) is 6.54 Å². The summed E-state index contributed by atoms with van der Waals surface area (Å²) in [6.07, 6.45) is 7.34. The molecule has 1 saturated carbocycles. The third kappa shape index (κ3) is 2.76. The molecule has 2 rings (SSSR count). The van der Waals surface area contributed by atoms with E-state index in [1.54, 1.807) is 0 Å². The first-order chi connectivity index (χ1) is 9.01. The molecule has 1 heterocycles. The number of hydrogen-bond donors (Lipinski definition) is 1. The molecule has 0 spiro atoms. The summed E-state index contributed by atoms with van der Waals surface area (Å²) in [7, 11) is 0. The van der Waals surface area contributed by atoms with Crippen LogP contribution < -0.4 is 5.32 Å². The Kier molecular flexibility index (Phi) is 4.43. The van der Waals surface area contributed by atoms with Crippen LogP contribution in [0.4, 0.5) is 0 Å². The normalized spacial score (nSPS) is 36.3. The van der Waals surface area contributed by atoms with Crippen LogP contribution in [0.3, 0.4) is 0 Å². The van der Waals surface area contributed by atoms with Crippen LogP contribution in [0, 0.1) is 0 Å². The van der Waals surface area contributed by atoms with Gasteiger partial charge in [0.2, 0.25) is 11.8 Å². The molecule has 1 aliphatic carbocycles. The van der Waals surface area contributed by atoms with Gasteiger partial charge in [0, 0.05) is 11.3 Å². The van der Waals surface area contributed by atoms with Crippen molar-refractivity contribution in [3.63, 3.8) is 0 Å². The summed E-state index contributed by atoms with van der Waals surface area (Å²) < 4.78 is 0. The average molecular weight is 284 g/mol. The largest absolute Gasteiger partial charge is 0.340 e. The quantitative estimate of drug-likeness (QED) is 0.859. The lowest BCUT2D eigenvalue weighted by Crippen LogP contribution is -2.68. The van der Waals surface area contributed by atoms with E-state index >= 15 is 0 Å². The maximum atomic E-state index is 12.7. The number of rotatable bonds is 3. The number of carbonyl (C=O) groups is 2. The molecule has 5 heteroatoms. The minimum absolute atomic E-state index is 0.0191. The lowest BCUT2D eigenvalue weighted by molar-refractivity contribution is -0.152. The van der Waals surface area contributed by atoms with Crippen LogP contribution in [0.15, 0.2) is 0 Å². The van der Waals surface area contributed by atoms with E-state index in [0.29, 0.717) is 11.7 Å². The van der Waals surface area contributed by atoms with E-state index in [1.807, 2.05) is 30.5 Å². The van der Waals surface area contributed by atoms with Crippen molar-refractivity contribution < 1.29 is 9.59 Å². The highest BCUT2D eigenvalue weighted by Gasteiger charge is 2.45. The Morgan fingerprint density at radius 2 is 2.05 bits per heavy atom. The van der Waals surface area contributed by atoms with Crippen LogP contribution in [-0.4, -0.2) is 46.3 Å². The molecule has 1 saturated heterocycles. The molecule has 1 N–H and O–H groups in total. The smallest absolute Gasteiger partial charge is 0.248 e. The number of nitrogens with zero attached hydrogens (tertiary/aromatic N) is 1. The number of carbonyl (C=O) groups excluding carboxylic acids is 2. The summed E-state index contributed by atoms with van der Waals surface area (Å²) >= 11 is 1.83. The molecule has 4 nitrogen and oxygen atoms in total. The second-order valence-electron chi connectivity index (χ2n) is 5.79. The summed E-state index contributed by atoms with van der Waals surface area (Å²) in [6.45, 7) is 4.03. The fourth-order valence-corrected chi connectivity index (χ4v) is 4.16. The molecule has 0 aromatic rings. The molecule has 0 aromatic heterocycles. The van der Waals surface area contributed by atoms with E-state index in [0.717, 1.165) is 19.3 Å². The fourth-order valence-electron chi connectivity index (χ4n) is 3.16. The Hall–Kier alpha value is -0.710. The van der Waals surface area contributed by atoms with Crippen molar-refractivity contribution in [2.75, 3.05) is 12.8 Å². The highest BCUT2D eigenvalue weighted by Crippen LogP contribution is 2.33. The zero-order valence-electron chi connectivity index (χ0n) is 12.1. The number of thioether (sulfide) groups is 1. The molecule has 108 valence electrons. The van der Waals surface area contributed by atoms with E-state index in [-0.39, 0.29) is 24.4 Å². The van der Waals surface area contributed by atoms with E-state index in [4.69, 9.17) is 0 Å². The SMILES string of the molecule is CCC1(C)NC(=O)CN(C2CCCCC2SC)C1=O. The summed E-state index contributed by atoms with van der Waals surface area (Å²) in [5.74, 6) is 0.0786. The number of nitrogens with one attached hydrogen (secondary N) is 1. The summed E-state index contributed by atoms with van der Waals surface area (Å²) in [5, 5.41) is 3.33. The van der Waals surface area contributed by atoms with Crippen molar-refractivity contribution in [1.29, 1.82) is 0 Å². The van der Waals surface area contributed by atoms with Crippen molar-refractivity contribution >= 4 is 23.6 Å². The van der Waals surface area contributed by atoms with Gasteiger partial charge in [-0.1, -0.05) is 19.8 Å². The first kappa shape index (κ1) is 14.7. The molecular weight excluding hydrogens is 260 g/mol. The summed E-state index contributed by atoms with van der Waals surface area (Å²) in [5.41, 5.74) is -0.713. The molecule has 1 aliphatic heterocycles. The van der Waals surface area contributed by atoms with Gasteiger partial charge in [0.25, 0.3) is 0 Å². The molecule has 19 heavy (non-hydrogen) atoms. The van der Waals surface area contributed by atoms with E-state index in [2.05, 4.69) is 11.6 Å². The molecule has 2 fully saturated rings. The second kappa shape index (κ2) is 5.73. The Morgan fingerprint density at radius 1 is 1.37 bits per heavy atom. The molecule has 2 amide bonds. The minimum Gasteiger partial charge on any atom is -0.340 e. The van der Waals surface area contributed by atoms with Crippen molar-refractivity contribution in [1.82, 2.24) is 10.2 Å². The predicted octanol–water partition coefficient (Wildman–Crippen LogP) is 1.79. The van der Waals surface area contributed by atoms with E-state index in [9.17, 15) is 9.59 Å². The van der Waals surface area contributed by atoms with Gasteiger partial charge in [0.1, 0.15) is 5.54 Å². The topological polar surface area (TPSA) is 49.4 Å². The van der Waals surface area contributed by atoms with Gasteiger partial charge in [-0.05, 0) is 32.4 Å². The van der Waals surface area contributed by atoms with Crippen LogP contribution >= 0.6 is 11.8 Å². The summed E-state index contributed by atoms with van der Waals surface area (Å²) in [6, 6.07) is 0.230. The Morgan fingerprint density at radius 3 is 2.68 bits per heavy atom. The van der Waals surface area contributed by atoms with Crippen molar-refractivity contribution in [2.45, 2.75) is 62.8 Å². The van der Waals surface area contributed by atoms with Crippen LogP contribution in [-0.2, 0) is 9.59 Å². The Balaban J connectivity index is 2.21. The van der Waals surface area contributed by atoms with Crippen LogP contribution in [0.25, 0.3) is 0 Å². The van der Waals surface area contributed by atoms with Gasteiger partial charge in [-0.25, -0.2) is 0 Å². The zero-order valence-corrected chi connectivity index (χ0v) is 12.9. The van der Waals surface area contributed by atoms with Crippen molar-refractivity contribution in [2.24, 2.45) is 0 Å². The number of piperazine rings is 1. The minimum atomic E-state index is -0.713. The number of amides is 2. The molecule has 0 bridgehead atoms. The number of hydrogen-bond acceptors (Lipinski definition) is 3.